The van der Waals surface area contributed by atoms with Crippen LogP contribution in [0.5, 0.6) is 0 Å². The number of hydrogen-bond donors (Lipinski definition) is 0. The maximum Gasteiger partial charge on any atom is -0.00796 e. The first-order valence-corrected chi connectivity index (χ1v) is 13.6. The Morgan fingerprint density at radius 3 is 2.13 bits per heavy atom. The van der Waals surface area contributed by atoms with Gasteiger partial charge in [0.1, 0.15) is 0 Å². The van der Waals surface area contributed by atoms with Gasteiger partial charge in [-0.25, -0.2) is 0 Å². The fourth-order valence-electron chi connectivity index (χ4n) is 11.4. The van der Waals surface area contributed by atoms with Crippen molar-refractivity contribution >= 4 is 0 Å². The largest absolute Gasteiger partial charge is 0.0839 e. The Balaban J connectivity index is 1.56. The lowest BCUT2D eigenvalue weighted by atomic mass is 9.33. The van der Waals surface area contributed by atoms with Crippen molar-refractivity contribution in [1.29, 1.82) is 0 Å². The number of rotatable bonds is 1. The van der Waals surface area contributed by atoms with Gasteiger partial charge < -0.3 is 0 Å². The first-order valence-electron chi connectivity index (χ1n) is 13.6. The Morgan fingerprint density at radius 2 is 1.43 bits per heavy atom. The van der Waals surface area contributed by atoms with Crippen molar-refractivity contribution in [3.63, 3.8) is 0 Å². The molecule has 0 amide bonds. The molecule has 4 saturated carbocycles. The molecule has 30 heavy (non-hydrogen) atoms. The Labute approximate surface area is 188 Å². The summed E-state index contributed by atoms with van der Waals surface area (Å²) in [5.74, 6) is 4.46. The lowest BCUT2D eigenvalue weighted by molar-refractivity contribution is -0.220. The third kappa shape index (κ3) is 2.46. The maximum absolute atomic E-state index is 2.81. The summed E-state index contributed by atoms with van der Waals surface area (Å²) in [4.78, 5) is 0. The summed E-state index contributed by atoms with van der Waals surface area (Å²) in [7, 11) is 0. The average molecular weight is 411 g/mol. The standard InChI is InChI=1S/C30H50/c1-20(2)21-12-17-27(5)22(21)13-18-29(7)24(27)10-11-25-28(6)16-9-15-26(3,4)23(28)14-19-30(25,29)8/h13,20-21,23-25H,9-12,14-19H2,1-8H3/t21-,23-,24-,25-,27+,28+,29-,30-/m1/s1. The number of allylic oxidation sites excluding steroid dienone is 2. The summed E-state index contributed by atoms with van der Waals surface area (Å²) < 4.78 is 0. The molecule has 0 unspecified atom stereocenters. The molecule has 5 aliphatic carbocycles. The van der Waals surface area contributed by atoms with E-state index in [1.54, 1.807) is 0 Å². The topological polar surface area (TPSA) is 0 Å². The van der Waals surface area contributed by atoms with Gasteiger partial charge in [-0.1, -0.05) is 73.5 Å². The minimum absolute atomic E-state index is 0.486. The van der Waals surface area contributed by atoms with Crippen molar-refractivity contribution in [2.75, 3.05) is 0 Å². The van der Waals surface area contributed by atoms with E-state index in [0.717, 1.165) is 29.6 Å². The summed E-state index contributed by atoms with van der Waals surface area (Å²) >= 11 is 0. The molecular formula is C30H50. The smallest absolute Gasteiger partial charge is 0.00796 e. The molecule has 0 saturated heterocycles. The first kappa shape index (κ1) is 21.6. The normalized spacial score (nSPS) is 54.6. The van der Waals surface area contributed by atoms with Gasteiger partial charge >= 0.3 is 0 Å². The summed E-state index contributed by atoms with van der Waals surface area (Å²) in [6.07, 6.45) is 17.5. The molecule has 5 aliphatic rings. The third-order valence-electron chi connectivity index (χ3n) is 13.0. The molecule has 0 aromatic heterocycles. The van der Waals surface area contributed by atoms with Gasteiger partial charge in [-0.2, -0.15) is 0 Å². The second-order valence-electron chi connectivity index (χ2n) is 14.6. The van der Waals surface area contributed by atoms with Crippen LogP contribution in [-0.4, -0.2) is 0 Å². The fraction of sp³-hybridized carbons (Fsp3) is 0.933. The molecule has 0 aliphatic heterocycles. The molecule has 5 rings (SSSR count). The van der Waals surface area contributed by atoms with Gasteiger partial charge in [0, 0.05) is 0 Å². The molecule has 0 N–H and O–H groups in total. The highest BCUT2D eigenvalue weighted by Gasteiger charge is 2.68. The van der Waals surface area contributed by atoms with E-state index in [1.807, 2.05) is 5.57 Å². The van der Waals surface area contributed by atoms with E-state index < -0.39 is 0 Å². The van der Waals surface area contributed by atoms with Crippen LogP contribution >= 0.6 is 0 Å². The second kappa shape index (κ2) is 6.41. The number of fused-ring (bicyclic) bond motifs is 7. The Bertz CT molecular complexity index is 741. The summed E-state index contributed by atoms with van der Waals surface area (Å²) in [5, 5.41) is 0. The van der Waals surface area contributed by atoms with Gasteiger partial charge in [0.05, 0.1) is 0 Å². The number of hydrogen-bond acceptors (Lipinski definition) is 0. The zero-order valence-electron chi connectivity index (χ0n) is 21.5. The van der Waals surface area contributed by atoms with Gasteiger partial charge in [0.25, 0.3) is 0 Å². The molecule has 170 valence electrons. The zero-order valence-corrected chi connectivity index (χ0v) is 21.5. The monoisotopic (exact) mass is 410 g/mol. The second-order valence-corrected chi connectivity index (χ2v) is 14.6. The molecule has 0 aromatic carbocycles. The summed E-state index contributed by atoms with van der Waals surface area (Å²) in [6.45, 7) is 21.1. The van der Waals surface area contributed by atoms with E-state index >= 15 is 0 Å². The molecule has 0 heteroatoms. The van der Waals surface area contributed by atoms with E-state index in [4.69, 9.17) is 0 Å². The molecule has 8 atom stereocenters. The lowest BCUT2D eigenvalue weighted by Crippen LogP contribution is -2.64. The molecule has 4 fully saturated rings. The average Bonchev–Trinajstić information content (AvgIpc) is 2.99. The Hall–Kier alpha value is -0.260. The van der Waals surface area contributed by atoms with Crippen LogP contribution in [0.4, 0.5) is 0 Å². The minimum Gasteiger partial charge on any atom is -0.0839 e. The van der Waals surface area contributed by atoms with Crippen LogP contribution in [-0.2, 0) is 0 Å². The van der Waals surface area contributed by atoms with Crippen LogP contribution in [0.15, 0.2) is 11.6 Å². The Kier molecular flexibility index (Phi) is 4.61. The van der Waals surface area contributed by atoms with Crippen molar-refractivity contribution in [2.24, 2.45) is 56.7 Å². The van der Waals surface area contributed by atoms with Crippen molar-refractivity contribution in [3.8, 4) is 0 Å². The lowest BCUT2D eigenvalue weighted by Gasteiger charge is -2.72. The van der Waals surface area contributed by atoms with E-state index in [2.05, 4.69) is 61.5 Å². The van der Waals surface area contributed by atoms with Crippen molar-refractivity contribution in [3.05, 3.63) is 11.6 Å². The highest BCUT2D eigenvalue weighted by molar-refractivity contribution is 5.32. The van der Waals surface area contributed by atoms with Gasteiger partial charge in [-0.3, -0.25) is 0 Å². The fourth-order valence-corrected chi connectivity index (χ4v) is 11.4. The van der Waals surface area contributed by atoms with E-state index in [9.17, 15) is 0 Å². The molecular weight excluding hydrogens is 360 g/mol. The van der Waals surface area contributed by atoms with Crippen LogP contribution < -0.4 is 0 Å². The molecule has 0 spiro atoms. The van der Waals surface area contributed by atoms with Crippen molar-refractivity contribution in [1.82, 2.24) is 0 Å². The third-order valence-corrected chi connectivity index (χ3v) is 13.0. The Morgan fingerprint density at radius 1 is 0.733 bits per heavy atom. The highest BCUT2D eigenvalue weighted by atomic mass is 14.7. The molecule has 0 bridgehead atoms. The van der Waals surface area contributed by atoms with Crippen molar-refractivity contribution in [2.45, 2.75) is 120 Å². The summed E-state index contributed by atoms with van der Waals surface area (Å²) in [6, 6.07) is 0. The highest BCUT2D eigenvalue weighted by Crippen LogP contribution is 2.77. The predicted octanol–water partition coefficient (Wildman–Crippen LogP) is 9.05. The van der Waals surface area contributed by atoms with Gasteiger partial charge in [0.2, 0.25) is 0 Å². The van der Waals surface area contributed by atoms with Crippen LogP contribution in [0.3, 0.4) is 0 Å². The van der Waals surface area contributed by atoms with Gasteiger partial charge in [0.15, 0.2) is 0 Å². The van der Waals surface area contributed by atoms with Crippen LogP contribution in [0, 0.1) is 56.7 Å². The quantitative estimate of drug-likeness (QED) is 0.378. The first-order chi connectivity index (χ1) is 13.9. The van der Waals surface area contributed by atoms with Gasteiger partial charge in [-0.15, -0.1) is 0 Å². The molecule has 0 aromatic rings. The van der Waals surface area contributed by atoms with E-state index in [-0.39, 0.29) is 0 Å². The zero-order chi connectivity index (χ0) is 21.7. The predicted molar refractivity (Wildman–Crippen MR) is 129 cm³/mol. The molecule has 0 heterocycles. The SMILES string of the molecule is CC(C)[C@H]1CC[C@@]2(C)C1=CC[C@]1(C)[C@@H]2CC[C@@H]2[C@@]3(C)CCCC(C)(C)[C@H]3CC[C@]21C. The van der Waals surface area contributed by atoms with E-state index in [1.165, 1.54) is 64.2 Å². The van der Waals surface area contributed by atoms with Crippen molar-refractivity contribution < 1.29 is 0 Å². The van der Waals surface area contributed by atoms with Gasteiger partial charge in [-0.05, 0) is 114 Å². The summed E-state index contributed by atoms with van der Waals surface area (Å²) in [5.41, 5.74) is 4.52. The minimum atomic E-state index is 0.486. The molecule has 0 radical (unpaired) electrons. The van der Waals surface area contributed by atoms with E-state index in [0.29, 0.717) is 27.1 Å². The maximum atomic E-state index is 2.81. The van der Waals surface area contributed by atoms with Crippen LogP contribution in [0.25, 0.3) is 0 Å². The molecule has 0 nitrogen and oxygen atoms in total. The van der Waals surface area contributed by atoms with Crippen LogP contribution in [0.1, 0.15) is 120 Å². The van der Waals surface area contributed by atoms with Crippen LogP contribution in [0.2, 0.25) is 0 Å².